The van der Waals surface area contributed by atoms with E-state index in [0.29, 0.717) is 5.13 Å². The maximum atomic E-state index is 5.55. The second kappa shape index (κ2) is 5.14. The van der Waals surface area contributed by atoms with Gasteiger partial charge in [0.15, 0.2) is 5.13 Å². The highest BCUT2D eigenvalue weighted by Gasteiger charge is 2.01. The van der Waals surface area contributed by atoms with Crippen molar-refractivity contribution in [1.82, 2.24) is 4.98 Å². The molecule has 1 aromatic carbocycles. The third kappa shape index (κ3) is 2.70. The Labute approximate surface area is 103 Å². The molecule has 0 amide bonds. The largest absolute Gasteiger partial charge is 0.497 e. The molecule has 80 valence electrons. The van der Waals surface area contributed by atoms with E-state index in [-0.39, 0.29) is 17.0 Å². The standard InChI is InChI=1S/C10H10N2OS.BrH/c1-13-8-4-2-7(3-5-8)9-6-12-10(11)14-9;/h2-6H,1H3,(H2,11,12);1H. The first-order chi connectivity index (χ1) is 6.79. The zero-order chi connectivity index (χ0) is 9.97. The average molecular weight is 287 g/mol. The molecule has 0 radical (unpaired) electrons. The van der Waals surface area contributed by atoms with Crippen LogP contribution in [0, 0.1) is 0 Å². The summed E-state index contributed by atoms with van der Waals surface area (Å²) < 4.78 is 5.07. The van der Waals surface area contributed by atoms with E-state index < -0.39 is 0 Å². The van der Waals surface area contributed by atoms with Gasteiger partial charge in [0.1, 0.15) is 5.75 Å². The number of nitrogens with zero attached hydrogens (tertiary/aromatic N) is 1. The van der Waals surface area contributed by atoms with Crippen LogP contribution in [0.1, 0.15) is 0 Å². The van der Waals surface area contributed by atoms with Gasteiger partial charge in [0.25, 0.3) is 0 Å². The first-order valence-corrected chi connectivity index (χ1v) is 4.97. The molecule has 0 spiro atoms. The number of rotatable bonds is 2. The molecule has 0 aliphatic carbocycles. The molecule has 15 heavy (non-hydrogen) atoms. The zero-order valence-corrected chi connectivity index (χ0v) is 10.7. The normalized spacial score (nSPS) is 9.40. The highest BCUT2D eigenvalue weighted by molar-refractivity contribution is 8.93. The van der Waals surface area contributed by atoms with Crippen LogP contribution in [0.25, 0.3) is 10.4 Å². The van der Waals surface area contributed by atoms with E-state index in [2.05, 4.69) is 4.98 Å². The van der Waals surface area contributed by atoms with Crippen LogP contribution >= 0.6 is 28.3 Å². The first kappa shape index (κ1) is 12.0. The van der Waals surface area contributed by atoms with Gasteiger partial charge in [0.2, 0.25) is 0 Å². The van der Waals surface area contributed by atoms with Gasteiger partial charge in [-0.05, 0) is 29.8 Å². The van der Waals surface area contributed by atoms with Crippen molar-refractivity contribution in [2.45, 2.75) is 0 Å². The van der Waals surface area contributed by atoms with Gasteiger partial charge < -0.3 is 10.5 Å². The summed E-state index contributed by atoms with van der Waals surface area (Å²) in [6.07, 6.45) is 1.78. The summed E-state index contributed by atoms with van der Waals surface area (Å²) in [6.45, 7) is 0. The quantitative estimate of drug-likeness (QED) is 0.923. The van der Waals surface area contributed by atoms with Gasteiger partial charge in [-0.2, -0.15) is 0 Å². The number of halogens is 1. The summed E-state index contributed by atoms with van der Waals surface area (Å²) in [4.78, 5) is 5.07. The summed E-state index contributed by atoms with van der Waals surface area (Å²) >= 11 is 1.48. The predicted molar refractivity (Wildman–Crippen MR) is 68.8 cm³/mol. The molecular formula is C10H11BrN2OS. The number of hydrogen-bond donors (Lipinski definition) is 1. The molecular weight excluding hydrogens is 276 g/mol. The molecule has 0 saturated heterocycles. The minimum atomic E-state index is 0. The summed E-state index contributed by atoms with van der Waals surface area (Å²) in [6, 6.07) is 7.83. The fourth-order valence-electron chi connectivity index (χ4n) is 1.18. The van der Waals surface area contributed by atoms with Gasteiger partial charge in [-0.3, -0.25) is 0 Å². The van der Waals surface area contributed by atoms with Gasteiger partial charge in [0, 0.05) is 6.20 Å². The van der Waals surface area contributed by atoms with Crippen LogP contribution in [-0.4, -0.2) is 12.1 Å². The van der Waals surface area contributed by atoms with Gasteiger partial charge in [-0.15, -0.1) is 17.0 Å². The van der Waals surface area contributed by atoms with Crippen molar-refractivity contribution >= 4 is 33.4 Å². The number of methoxy groups -OCH3 is 1. The minimum absolute atomic E-state index is 0. The van der Waals surface area contributed by atoms with Crippen molar-refractivity contribution in [3.05, 3.63) is 30.5 Å². The average Bonchev–Trinajstić information content (AvgIpc) is 2.65. The Bertz CT molecular complexity index is 427. The lowest BCUT2D eigenvalue weighted by Crippen LogP contribution is -1.81. The van der Waals surface area contributed by atoms with Crippen LogP contribution in [0.2, 0.25) is 0 Å². The van der Waals surface area contributed by atoms with Gasteiger partial charge >= 0.3 is 0 Å². The van der Waals surface area contributed by atoms with E-state index in [1.165, 1.54) is 11.3 Å². The number of nitrogen functional groups attached to an aromatic ring is 1. The molecule has 2 rings (SSSR count). The van der Waals surface area contributed by atoms with Gasteiger partial charge in [0.05, 0.1) is 12.0 Å². The number of ether oxygens (including phenoxy) is 1. The van der Waals surface area contributed by atoms with E-state index in [1.807, 2.05) is 24.3 Å². The van der Waals surface area contributed by atoms with Crippen LogP contribution in [0.5, 0.6) is 5.75 Å². The van der Waals surface area contributed by atoms with Crippen molar-refractivity contribution in [2.75, 3.05) is 12.8 Å². The van der Waals surface area contributed by atoms with Crippen LogP contribution in [-0.2, 0) is 0 Å². The van der Waals surface area contributed by atoms with Crippen molar-refractivity contribution in [3.63, 3.8) is 0 Å². The van der Waals surface area contributed by atoms with Gasteiger partial charge in [-0.1, -0.05) is 11.3 Å². The third-order valence-corrected chi connectivity index (χ3v) is 2.77. The molecule has 2 N–H and O–H groups in total. The summed E-state index contributed by atoms with van der Waals surface area (Å²) in [5.74, 6) is 0.853. The molecule has 0 fully saturated rings. The van der Waals surface area contributed by atoms with E-state index >= 15 is 0 Å². The fourth-order valence-corrected chi connectivity index (χ4v) is 1.87. The highest BCUT2D eigenvalue weighted by atomic mass is 79.9. The van der Waals surface area contributed by atoms with Crippen molar-refractivity contribution in [2.24, 2.45) is 0 Å². The molecule has 5 heteroatoms. The van der Waals surface area contributed by atoms with Crippen LogP contribution in [0.4, 0.5) is 5.13 Å². The molecule has 0 atom stereocenters. The zero-order valence-electron chi connectivity index (χ0n) is 8.14. The topological polar surface area (TPSA) is 48.1 Å². The maximum absolute atomic E-state index is 5.55. The Kier molecular flexibility index (Phi) is 4.11. The SMILES string of the molecule is Br.COc1ccc(-c2cnc(N)s2)cc1. The maximum Gasteiger partial charge on any atom is 0.180 e. The Morgan fingerprint density at radius 1 is 1.27 bits per heavy atom. The smallest absolute Gasteiger partial charge is 0.180 e. The molecule has 2 aromatic rings. The highest BCUT2D eigenvalue weighted by Crippen LogP contribution is 2.28. The van der Waals surface area contributed by atoms with Crippen LogP contribution in [0.3, 0.4) is 0 Å². The van der Waals surface area contributed by atoms with E-state index in [4.69, 9.17) is 10.5 Å². The number of thiazole rings is 1. The molecule has 0 aliphatic rings. The molecule has 3 nitrogen and oxygen atoms in total. The number of anilines is 1. The van der Waals surface area contributed by atoms with Gasteiger partial charge in [-0.25, -0.2) is 4.98 Å². The Hall–Kier alpha value is -1.07. The summed E-state index contributed by atoms with van der Waals surface area (Å²) in [7, 11) is 1.65. The summed E-state index contributed by atoms with van der Waals surface area (Å²) in [5, 5.41) is 0.593. The molecule has 0 saturated carbocycles. The first-order valence-electron chi connectivity index (χ1n) is 4.15. The number of aromatic nitrogens is 1. The Morgan fingerprint density at radius 3 is 2.40 bits per heavy atom. The van der Waals surface area contributed by atoms with E-state index in [0.717, 1.165) is 16.2 Å². The Balaban J connectivity index is 0.00000112. The third-order valence-electron chi connectivity index (χ3n) is 1.90. The lowest BCUT2D eigenvalue weighted by atomic mass is 10.2. The molecule has 1 aromatic heterocycles. The van der Waals surface area contributed by atoms with Crippen LogP contribution in [0.15, 0.2) is 30.5 Å². The lowest BCUT2D eigenvalue weighted by Gasteiger charge is -2.00. The summed E-state index contributed by atoms with van der Waals surface area (Å²) in [5.41, 5.74) is 6.67. The van der Waals surface area contributed by atoms with E-state index in [9.17, 15) is 0 Å². The predicted octanol–water partition coefficient (Wildman–Crippen LogP) is 2.98. The number of nitrogens with two attached hydrogens (primary N) is 1. The molecule has 0 bridgehead atoms. The second-order valence-electron chi connectivity index (χ2n) is 2.79. The molecule has 0 aliphatic heterocycles. The van der Waals surface area contributed by atoms with Crippen molar-refractivity contribution in [1.29, 1.82) is 0 Å². The fraction of sp³-hybridized carbons (Fsp3) is 0.100. The Morgan fingerprint density at radius 2 is 1.93 bits per heavy atom. The second-order valence-corrected chi connectivity index (χ2v) is 3.85. The minimum Gasteiger partial charge on any atom is -0.497 e. The monoisotopic (exact) mass is 286 g/mol. The molecule has 0 unspecified atom stereocenters. The van der Waals surface area contributed by atoms with Crippen molar-refractivity contribution in [3.8, 4) is 16.2 Å². The molecule has 1 heterocycles. The lowest BCUT2D eigenvalue weighted by molar-refractivity contribution is 0.415. The number of hydrogen-bond acceptors (Lipinski definition) is 4. The van der Waals surface area contributed by atoms with E-state index in [1.54, 1.807) is 13.3 Å². The number of benzene rings is 1. The van der Waals surface area contributed by atoms with Crippen molar-refractivity contribution < 1.29 is 4.74 Å². The van der Waals surface area contributed by atoms with Crippen LogP contribution < -0.4 is 10.5 Å².